The summed E-state index contributed by atoms with van der Waals surface area (Å²) in [6, 6.07) is 7.75. The minimum absolute atomic E-state index is 0.308. The van der Waals surface area contributed by atoms with Gasteiger partial charge in [-0.1, -0.05) is 12.1 Å². The van der Waals surface area contributed by atoms with Gasteiger partial charge in [-0.05, 0) is 31.0 Å². The summed E-state index contributed by atoms with van der Waals surface area (Å²) < 4.78 is 5.47. The van der Waals surface area contributed by atoms with E-state index in [1.807, 2.05) is 12.1 Å². The van der Waals surface area contributed by atoms with Crippen molar-refractivity contribution in [3.05, 3.63) is 29.8 Å². The molecule has 2 N–H and O–H groups in total. The number of phenolic OH excluding ortho intramolecular Hbond substituents is 1. The van der Waals surface area contributed by atoms with Gasteiger partial charge in [-0.25, -0.2) is 0 Å². The highest BCUT2D eigenvalue weighted by atomic mass is 16.5. The molecular formula is C12H17NO2. The maximum Gasteiger partial charge on any atom is 0.115 e. The number of nitrogens with one attached hydrogen (secondary N) is 1. The normalized spacial score (nSPS) is 25.7. The third-order valence-corrected chi connectivity index (χ3v) is 2.88. The first-order chi connectivity index (χ1) is 7.25. The van der Waals surface area contributed by atoms with E-state index in [0.717, 1.165) is 19.6 Å². The molecule has 3 nitrogen and oxygen atoms in total. The van der Waals surface area contributed by atoms with Crippen molar-refractivity contribution < 1.29 is 9.84 Å². The third kappa shape index (κ3) is 2.70. The average Bonchev–Trinajstić information content (AvgIpc) is 2.63. The maximum absolute atomic E-state index is 9.14. The van der Waals surface area contributed by atoms with Crippen LogP contribution >= 0.6 is 0 Å². The van der Waals surface area contributed by atoms with E-state index in [0.29, 0.717) is 17.9 Å². The number of benzene rings is 1. The van der Waals surface area contributed by atoms with Gasteiger partial charge in [0.2, 0.25) is 0 Å². The first kappa shape index (κ1) is 10.5. The summed E-state index contributed by atoms with van der Waals surface area (Å²) in [4.78, 5) is 0. The predicted molar refractivity (Wildman–Crippen MR) is 58.8 cm³/mol. The van der Waals surface area contributed by atoms with Crippen LogP contribution in [0.1, 0.15) is 18.9 Å². The quantitative estimate of drug-likeness (QED) is 0.792. The molecular weight excluding hydrogens is 190 g/mol. The van der Waals surface area contributed by atoms with Crippen molar-refractivity contribution in [3.8, 4) is 5.75 Å². The van der Waals surface area contributed by atoms with Gasteiger partial charge in [0.05, 0.1) is 6.10 Å². The minimum atomic E-state index is 0.308. The summed E-state index contributed by atoms with van der Waals surface area (Å²) in [5.74, 6) is 0.316. The van der Waals surface area contributed by atoms with Gasteiger partial charge in [0.15, 0.2) is 0 Å². The highest BCUT2D eigenvalue weighted by Crippen LogP contribution is 2.14. The topological polar surface area (TPSA) is 41.5 Å². The standard InChI is InChI=1S/C12H17NO2/c1-9-12(6-7-15-9)13-8-10-2-4-11(14)5-3-10/h2-5,9,12-14H,6-8H2,1H3. The van der Waals surface area contributed by atoms with Crippen LogP contribution in [0, 0.1) is 0 Å². The SMILES string of the molecule is CC1OCCC1NCc1ccc(O)cc1. The molecule has 1 saturated heterocycles. The van der Waals surface area contributed by atoms with Crippen LogP contribution in [0.3, 0.4) is 0 Å². The van der Waals surface area contributed by atoms with Gasteiger partial charge in [0, 0.05) is 19.2 Å². The van der Waals surface area contributed by atoms with Crippen molar-refractivity contribution >= 4 is 0 Å². The van der Waals surface area contributed by atoms with Gasteiger partial charge in [0.25, 0.3) is 0 Å². The van der Waals surface area contributed by atoms with E-state index >= 15 is 0 Å². The number of aromatic hydroxyl groups is 1. The zero-order valence-electron chi connectivity index (χ0n) is 8.94. The highest BCUT2D eigenvalue weighted by molar-refractivity contribution is 5.25. The summed E-state index contributed by atoms with van der Waals surface area (Å²) >= 11 is 0. The van der Waals surface area contributed by atoms with E-state index in [1.54, 1.807) is 12.1 Å². The number of hydrogen-bond acceptors (Lipinski definition) is 3. The van der Waals surface area contributed by atoms with Crippen molar-refractivity contribution in [1.82, 2.24) is 5.32 Å². The Morgan fingerprint density at radius 1 is 1.40 bits per heavy atom. The summed E-state index contributed by atoms with van der Waals surface area (Å²) in [7, 11) is 0. The summed E-state index contributed by atoms with van der Waals surface area (Å²) in [6.45, 7) is 3.79. The van der Waals surface area contributed by atoms with Gasteiger partial charge in [-0.15, -0.1) is 0 Å². The van der Waals surface area contributed by atoms with Crippen molar-refractivity contribution in [2.45, 2.75) is 32.0 Å². The number of phenols is 1. The summed E-state index contributed by atoms with van der Waals surface area (Å²) in [6.07, 6.45) is 1.39. The second-order valence-electron chi connectivity index (χ2n) is 4.02. The molecule has 1 heterocycles. The Balaban J connectivity index is 1.85. The van der Waals surface area contributed by atoms with Crippen LogP contribution in [0.25, 0.3) is 0 Å². The molecule has 1 aromatic carbocycles. The fraction of sp³-hybridized carbons (Fsp3) is 0.500. The van der Waals surface area contributed by atoms with E-state index < -0.39 is 0 Å². The molecule has 82 valence electrons. The molecule has 2 unspecified atom stereocenters. The van der Waals surface area contributed by atoms with Crippen LogP contribution in [-0.2, 0) is 11.3 Å². The molecule has 0 bridgehead atoms. The maximum atomic E-state index is 9.14. The molecule has 0 aliphatic carbocycles. The Bertz CT molecular complexity index is 310. The van der Waals surface area contributed by atoms with Crippen molar-refractivity contribution in [3.63, 3.8) is 0 Å². The van der Waals surface area contributed by atoms with Gasteiger partial charge in [-0.2, -0.15) is 0 Å². The van der Waals surface area contributed by atoms with Gasteiger partial charge >= 0.3 is 0 Å². The highest BCUT2D eigenvalue weighted by Gasteiger charge is 2.23. The Labute approximate surface area is 90.1 Å². The summed E-state index contributed by atoms with van der Waals surface area (Å²) in [5.41, 5.74) is 1.19. The van der Waals surface area contributed by atoms with E-state index in [2.05, 4.69) is 12.2 Å². The van der Waals surface area contributed by atoms with E-state index in [-0.39, 0.29) is 0 Å². The van der Waals surface area contributed by atoms with Crippen LogP contribution < -0.4 is 5.32 Å². The van der Waals surface area contributed by atoms with E-state index in [1.165, 1.54) is 5.56 Å². The van der Waals surface area contributed by atoms with E-state index in [9.17, 15) is 0 Å². The monoisotopic (exact) mass is 207 g/mol. The lowest BCUT2D eigenvalue weighted by molar-refractivity contribution is 0.113. The molecule has 0 saturated carbocycles. The third-order valence-electron chi connectivity index (χ3n) is 2.88. The first-order valence-electron chi connectivity index (χ1n) is 5.38. The Morgan fingerprint density at radius 2 is 2.13 bits per heavy atom. The zero-order chi connectivity index (χ0) is 10.7. The molecule has 1 aliphatic rings. The lowest BCUT2D eigenvalue weighted by atomic mass is 10.1. The molecule has 3 heteroatoms. The van der Waals surface area contributed by atoms with Crippen LogP contribution in [0.5, 0.6) is 5.75 Å². The Hall–Kier alpha value is -1.06. The molecule has 0 amide bonds. The largest absolute Gasteiger partial charge is 0.508 e. The molecule has 1 aromatic rings. The second kappa shape index (κ2) is 4.64. The number of ether oxygens (including phenoxy) is 1. The van der Waals surface area contributed by atoms with Gasteiger partial charge in [0.1, 0.15) is 5.75 Å². The van der Waals surface area contributed by atoms with Crippen LogP contribution in [0.15, 0.2) is 24.3 Å². The molecule has 1 aliphatic heterocycles. The molecule has 0 aromatic heterocycles. The lowest BCUT2D eigenvalue weighted by Gasteiger charge is -2.15. The number of rotatable bonds is 3. The van der Waals surface area contributed by atoms with Crippen molar-refractivity contribution in [2.24, 2.45) is 0 Å². The van der Waals surface area contributed by atoms with E-state index in [4.69, 9.17) is 9.84 Å². The fourth-order valence-corrected chi connectivity index (χ4v) is 1.86. The predicted octanol–water partition coefficient (Wildman–Crippen LogP) is 1.66. The van der Waals surface area contributed by atoms with Gasteiger partial charge < -0.3 is 15.2 Å². The summed E-state index contributed by atoms with van der Waals surface area (Å²) in [5, 5.41) is 12.6. The first-order valence-corrected chi connectivity index (χ1v) is 5.38. The molecule has 0 spiro atoms. The zero-order valence-corrected chi connectivity index (χ0v) is 8.94. The van der Waals surface area contributed by atoms with Crippen LogP contribution in [0.2, 0.25) is 0 Å². The smallest absolute Gasteiger partial charge is 0.115 e. The molecule has 0 radical (unpaired) electrons. The fourth-order valence-electron chi connectivity index (χ4n) is 1.86. The van der Waals surface area contributed by atoms with Crippen LogP contribution in [0.4, 0.5) is 0 Å². The Kier molecular flexibility index (Phi) is 3.23. The molecule has 15 heavy (non-hydrogen) atoms. The molecule has 2 atom stereocenters. The Morgan fingerprint density at radius 3 is 2.73 bits per heavy atom. The average molecular weight is 207 g/mol. The number of hydrogen-bond donors (Lipinski definition) is 2. The second-order valence-corrected chi connectivity index (χ2v) is 4.02. The van der Waals surface area contributed by atoms with Crippen molar-refractivity contribution in [2.75, 3.05) is 6.61 Å². The molecule has 1 fully saturated rings. The lowest BCUT2D eigenvalue weighted by Crippen LogP contribution is -2.34. The van der Waals surface area contributed by atoms with Gasteiger partial charge in [-0.3, -0.25) is 0 Å². The van der Waals surface area contributed by atoms with Crippen LogP contribution in [-0.4, -0.2) is 23.9 Å². The molecule has 2 rings (SSSR count). The van der Waals surface area contributed by atoms with Crippen molar-refractivity contribution in [1.29, 1.82) is 0 Å². The minimum Gasteiger partial charge on any atom is -0.508 e.